The van der Waals surface area contributed by atoms with E-state index in [9.17, 15) is 27.9 Å². The van der Waals surface area contributed by atoms with Gasteiger partial charge in [0.1, 0.15) is 5.75 Å². The molecule has 0 spiro atoms. The fourth-order valence-electron chi connectivity index (χ4n) is 4.81. The number of nitrogens with one attached hydrogen (secondary N) is 1. The number of hydrogen-bond acceptors (Lipinski definition) is 4. The number of alkyl halides is 3. The maximum absolute atomic E-state index is 13.5. The molecule has 2 N–H and O–H groups in total. The van der Waals surface area contributed by atoms with Crippen molar-refractivity contribution in [3.63, 3.8) is 0 Å². The van der Waals surface area contributed by atoms with Crippen LogP contribution in [0, 0.1) is 18.8 Å². The molecule has 0 saturated carbocycles. The largest absolute Gasteiger partial charge is 0.573 e. The van der Waals surface area contributed by atoms with Crippen LogP contribution in [0.1, 0.15) is 49.9 Å². The molecule has 6 nitrogen and oxygen atoms in total. The van der Waals surface area contributed by atoms with Gasteiger partial charge < -0.3 is 14.8 Å². The van der Waals surface area contributed by atoms with Crippen molar-refractivity contribution in [2.24, 2.45) is 0 Å². The lowest BCUT2D eigenvalue weighted by atomic mass is 9.91. The third-order valence-electron chi connectivity index (χ3n) is 6.77. The van der Waals surface area contributed by atoms with Crippen LogP contribution in [0.5, 0.6) is 5.75 Å². The number of aromatic amines is 1. The van der Waals surface area contributed by atoms with Gasteiger partial charge in [0, 0.05) is 34.6 Å². The number of rotatable bonds is 5. The molecule has 9 heteroatoms. The van der Waals surface area contributed by atoms with Crippen molar-refractivity contribution >= 4 is 22.7 Å². The molecule has 3 aromatic carbocycles. The van der Waals surface area contributed by atoms with E-state index in [4.69, 9.17) is 0 Å². The van der Waals surface area contributed by atoms with Crippen LogP contribution in [0.3, 0.4) is 0 Å². The van der Waals surface area contributed by atoms with Crippen molar-refractivity contribution in [1.82, 2.24) is 9.88 Å². The van der Waals surface area contributed by atoms with Crippen molar-refractivity contribution in [3.8, 4) is 17.6 Å². The molecule has 0 saturated heterocycles. The van der Waals surface area contributed by atoms with Crippen molar-refractivity contribution in [1.29, 1.82) is 0 Å². The monoisotopic (exact) mass is 532 g/mol. The number of amides is 2. The summed E-state index contributed by atoms with van der Waals surface area (Å²) in [5.74, 6) is 4.43. The molecule has 198 valence electrons. The second kappa shape index (κ2) is 9.64. The number of nitrogens with zero attached hydrogens (tertiary/aromatic N) is 1. The van der Waals surface area contributed by atoms with Gasteiger partial charge in [-0.15, -0.1) is 13.2 Å². The molecule has 0 radical (unpaired) electrons. The van der Waals surface area contributed by atoms with Gasteiger partial charge in [-0.3, -0.25) is 14.5 Å². The van der Waals surface area contributed by atoms with Gasteiger partial charge >= 0.3 is 6.36 Å². The zero-order valence-corrected chi connectivity index (χ0v) is 21.0. The summed E-state index contributed by atoms with van der Waals surface area (Å²) >= 11 is 0. The van der Waals surface area contributed by atoms with Crippen molar-refractivity contribution in [2.45, 2.75) is 32.2 Å². The highest BCUT2D eigenvalue weighted by Crippen LogP contribution is 2.34. The third kappa shape index (κ3) is 4.99. The molecule has 1 aliphatic heterocycles. The van der Waals surface area contributed by atoms with Gasteiger partial charge in [-0.1, -0.05) is 30.0 Å². The summed E-state index contributed by atoms with van der Waals surface area (Å²) in [5.41, 5.74) is 2.16. The Morgan fingerprint density at radius 2 is 1.62 bits per heavy atom. The third-order valence-corrected chi connectivity index (χ3v) is 6.77. The van der Waals surface area contributed by atoms with Crippen LogP contribution in [0.2, 0.25) is 0 Å². The molecular formula is C30H23F3N2O4. The van der Waals surface area contributed by atoms with E-state index in [-0.39, 0.29) is 28.9 Å². The standard InChI is InChI=1S/C30H23F3N2O4/c1-18-13-19(10-12-26(18)39-30(31,32)33)7-8-20-9-11-23-24(14-20)28(38)35(27(23)37)29(2,17-36)15-21-16-34-25-6-4-3-5-22(21)25/h3-6,9-14,16,34,36H,15,17H2,1-2H3. The summed E-state index contributed by atoms with van der Waals surface area (Å²) in [7, 11) is 0. The Labute approximate surface area is 222 Å². The van der Waals surface area contributed by atoms with Crippen LogP contribution >= 0.6 is 0 Å². The smallest absolute Gasteiger partial charge is 0.406 e. The Bertz CT molecular complexity index is 1680. The summed E-state index contributed by atoms with van der Waals surface area (Å²) < 4.78 is 41.5. The summed E-state index contributed by atoms with van der Waals surface area (Å²) in [6.07, 6.45) is -2.73. The molecule has 4 aromatic rings. The van der Waals surface area contributed by atoms with Gasteiger partial charge in [0.25, 0.3) is 11.8 Å². The topological polar surface area (TPSA) is 82.6 Å². The van der Waals surface area contributed by atoms with Gasteiger partial charge in [0.05, 0.1) is 23.3 Å². The molecule has 1 atom stereocenters. The number of fused-ring (bicyclic) bond motifs is 2. The number of hydrogen-bond donors (Lipinski definition) is 2. The number of aromatic nitrogens is 1. The molecule has 2 amide bonds. The number of halogens is 3. The van der Waals surface area contributed by atoms with E-state index in [1.165, 1.54) is 37.3 Å². The van der Waals surface area contributed by atoms with E-state index < -0.39 is 30.3 Å². The van der Waals surface area contributed by atoms with Gasteiger partial charge in [-0.2, -0.15) is 0 Å². The molecule has 0 fully saturated rings. The lowest BCUT2D eigenvalue weighted by Crippen LogP contribution is -2.53. The van der Waals surface area contributed by atoms with E-state index in [2.05, 4.69) is 21.6 Å². The highest BCUT2D eigenvalue weighted by atomic mass is 19.4. The Kier molecular flexibility index (Phi) is 6.44. The predicted octanol–water partition coefficient (Wildman–Crippen LogP) is 5.36. The number of para-hydroxylation sites is 1. The number of aliphatic hydroxyl groups is 1. The maximum Gasteiger partial charge on any atom is 0.573 e. The Balaban J connectivity index is 1.40. The molecule has 1 aromatic heterocycles. The normalized spacial score (nSPS) is 14.7. The quantitative estimate of drug-likeness (QED) is 0.268. The first kappa shape index (κ1) is 26.1. The summed E-state index contributed by atoms with van der Waals surface area (Å²) in [6.45, 7) is 2.72. The van der Waals surface area contributed by atoms with Crippen LogP contribution < -0.4 is 4.74 Å². The number of aryl methyl sites for hydroxylation is 1. The minimum Gasteiger partial charge on any atom is -0.406 e. The second-order valence-corrected chi connectivity index (χ2v) is 9.68. The molecular weight excluding hydrogens is 509 g/mol. The van der Waals surface area contributed by atoms with E-state index in [0.29, 0.717) is 11.1 Å². The molecule has 5 rings (SSSR count). The number of carbonyl (C=O) groups excluding carboxylic acids is 2. The lowest BCUT2D eigenvalue weighted by molar-refractivity contribution is -0.274. The molecule has 39 heavy (non-hydrogen) atoms. The minimum atomic E-state index is -4.79. The molecule has 1 unspecified atom stereocenters. The Hall–Kier alpha value is -4.55. The lowest BCUT2D eigenvalue weighted by Gasteiger charge is -2.35. The summed E-state index contributed by atoms with van der Waals surface area (Å²) in [6, 6.07) is 16.4. The number of aliphatic hydroxyl groups excluding tert-OH is 1. The molecule has 0 bridgehead atoms. The Morgan fingerprint density at radius 1 is 0.949 bits per heavy atom. The van der Waals surface area contributed by atoms with E-state index >= 15 is 0 Å². The van der Waals surface area contributed by atoms with E-state index in [1.54, 1.807) is 13.0 Å². The fraction of sp³-hybridized carbons (Fsp3) is 0.200. The van der Waals surface area contributed by atoms with E-state index in [1.807, 2.05) is 30.5 Å². The van der Waals surface area contributed by atoms with Gasteiger partial charge in [-0.25, -0.2) is 0 Å². The first-order chi connectivity index (χ1) is 18.5. The van der Waals surface area contributed by atoms with Crippen LogP contribution in [0.4, 0.5) is 13.2 Å². The fourth-order valence-corrected chi connectivity index (χ4v) is 4.81. The number of carbonyl (C=O) groups is 2. The van der Waals surface area contributed by atoms with Crippen LogP contribution in [0.15, 0.2) is 66.9 Å². The minimum absolute atomic E-state index is 0.176. The SMILES string of the molecule is Cc1cc(C#Cc2ccc3c(c2)C(=O)N(C(C)(CO)Cc2c[nH]c4ccccc24)C3=O)ccc1OC(F)(F)F. The molecule has 0 aliphatic carbocycles. The van der Waals surface area contributed by atoms with E-state index in [0.717, 1.165) is 21.4 Å². The number of imide groups is 1. The van der Waals surface area contributed by atoms with Crippen LogP contribution in [-0.4, -0.2) is 45.3 Å². The average Bonchev–Trinajstić information content (AvgIpc) is 3.41. The van der Waals surface area contributed by atoms with Crippen LogP contribution in [-0.2, 0) is 6.42 Å². The maximum atomic E-state index is 13.5. The molecule has 2 heterocycles. The zero-order valence-electron chi connectivity index (χ0n) is 21.0. The predicted molar refractivity (Wildman–Crippen MR) is 138 cm³/mol. The number of benzene rings is 3. The van der Waals surface area contributed by atoms with Crippen molar-refractivity contribution < 1.29 is 32.6 Å². The van der Waals surface area contributed by atoms with Crippen molar-refractivity contribution in [2.75, 3.05) is 6.61 Å². The average molecular weight is 533 g/mol. The highest BCUT2D eigenvalue weighted by Gasteiger charge is 2.46. The highest BCUT2D eigenvalue weighted by molar-refractivity contribution is 6.22. The van der Waals surface area contributed by atoms with Crippen molar-refractivity contribution in [3.05, 3.63) is 100 Å². The zero-order chi connectivity index (χ0) is 27.9. The number of ether oxygens (including phenoxy) is 1. The van der Waals surface area contributed by atoms with Crippen LogP contribution in [0.25, 0.3) is 10.9 Å². The van der Waals surface area contributed by atoms with Gasteiger partial charge in [0.2, 0.25) is 0 Å². The Morgan fingerprint density at radius 3 is 2.31 bits per heavy atom. The van der Waals surface area contributed by atoms with Gasteiger partial charge in [0.15, 0.2) is 0 Å². The number of H-pyrrole nitrogens is 1. The van der Waals surface area contributed by atoms with Gasteiger partial charge in [-0.05, 0) is 67.4 Å². The first-order valence-corrected chi connectivity index (χ1v) is 12.1. The molecule has 1 aliphatic rings. The first-order valence-electron chi connectivity index (χ1n) is 12.1. The summed E-state index contributed by atoms with van der Waals surface area (Å²) in [5, 5.41) is 11.3. The second-order valence-electron chi connectivity index (χ2n) is 9.68. The summed E-state index contributed by atoms with van der Waals surface area (Å²) in [4.78, 5) is 31.1.